The second-order valence-corrected chi connectivity index (χ2v) is 11.8. The van der Waals surface area contributed by atoms with Crippen molar-refractivity contribution in [3.8, 4) is 0 Å². The van der Waals surface area contributed by atoms with Crippen molar-refractivity contribution in [2.24, 2.45) is 41.4 Å². The number of ether oxygens (including phenoxy) is 1. The van der Waals surface area contributed by atoms with Gasteiger partial charge in [0.05, 0.1) is 12.0 Å². The minimum atomic E-state index is -2.88. The van der Waals surface area contributed by atoms with Gasteiger partial charge in [-0.3, -0.25) is 0 Å². The van der Waals surface area contributed by atoms with E-state index in [2.05, 4.69) is 26.0 Å². The van der Waals surface area contributed by atoms with Gasteiger partial charge in [-0.1, -0.05) is 57.6 Å². The monoisotopic (exact) mass is 450 g/mol. The Bertz CT molecular complexity index is 578. The molecule has 0 spiro atoms. The molecule has 0 aromatic carbocycles. The van der Waals surface area contributed by atoms with E-state index < -0.39 is 12.0 Å². The number of hydrogen-bond donors (Lipinski definition) is 0. The van der Waals surface area contributed by atoms with E-state index in [9.17, 15) is 8.78 Å². The molecule has 3 heteroatoms. The first-order valence-electron chi connectivity index (χ1n) is 14.2. The molecule has 4 rings (SSSR count). The van der Waals surface area contributed by atoms with Crippen LogP contribution in [-0.2, 0) is 4.74 Å². The molecule has 1 aliphatic heterocycles. The van der Waals surface area contributed by atoms with E-state index in [1.165, 1.54) is 64.2 Å². The van der Waals surface area contributed by atoms with Gasteiger partial charge >= 0.3 is 6.11 Å². The molecule has 0 unspecified atom stereocenters. The van der Waals surface area contributed by atoms with Crippen molar-refractivity contribution in [1.29, 1.82) is 0 Å². The lowest BCUT2D eigenvalue weighted by atomic mass is 9.64. The molecule has 2 atom stereocenters. The fraction of sp³-hybridized carbons (Fsp3) is 0.931. The summed E-state index contributed by atoms with van der Waals surface area (Å²) in [5, 5.41) is 0. The summed E-state index contributed by atoms with van der Waals surface area (Å²) in [4.78, 5) is 0. The van der Waals surface area contributed by atoms with Crippen LogP contribution >= 0.6 is 0 Å². The highest BCUT2D eigenvalue weighted by molar-refractivity contribution is 5.00. The van der Waals surface area contributed by atoms with E-state index in [0.717, 1.165) is 56.3 Å². The summed E-state index contributed by atoms with van der Waals surface area (Å²) in [6.45, 7) is 4.35. The molecular weight excluding hydrogens is 402 g/mol. The van der Waals surface area contributed by atoms with Crippen LogP contribution in [0.25, 0.3) is 0 Å². The third kappa shape index (κ3) is 5.78. The first-order chi connectivity index (χ1) is 15.5. The molecule has 4 fully saturated rings. The number of unbranched alkanes of at least 4 members (excludes halogenated alkanes) is 2. The van der Waals surface area contributed by atoms with Crippen LogP contribution < -0.4 is 0 Å². The standard InChI is InChI=1S/C29H48F2O/c1-3-5-6-8-22-9-13-23(14-10-22)24-17-19-26(20-18-24)28-27(29(30,31)32-28)25-15-11-21(7-4-2)12-16-25/h4,7,21-28H,3,5-6,8-20H2,1-2H3/b7-4+/t21-,22?,23?,24-,25-,26-,27-,28-/m0/s1. The normalized spacial score (nSPS) is 42.6. The van der Waals surface area contributed by atoms with Gasteiger partial charge in [0.25, 0.3) is 0 Å². The largest absolute Gasteiger partial charge is 0.361 e. The van der Waals surface area contributed by atoms with Gasteiger partial charge in [-0.25, -0.2) is 0 Å². The predicted molar refractivity (Wildman–Crippen MR) is 129 cm³/mol. The molecule has 0 amide bonds. The number of alkyl halides is 2. The molecule has 32 heavy (non-hydrogen) atoms. The Morgan fingerprint density at radius 1 is 0.750 bits per heavy atom. The summed E-state index contributed by atoms with van der Waals surface area (Å²) in [5.74, 6) is 3.33. The molecule has 0 N–H and O–H groups in total. The molecular formula is C29H48F2O. The highest BCUT2D eigenvalue weighted by Gasteiger charge is 2.62. The van der Waals surface area contributed by atoms with Crippen molar-refractivity contribution in [2.45, 2.75) is 129 Å². The Morgan fingerprint density at radius 3 is 1.88 bits per heavy atom. The Morgan fingerprint density at radius 2 is 1.31 bits per heavy atom. The van der Waals surface area contributed by atoms with Crippen LogP contribution in [0.15, 0.2) is 12.2 Å². The third-order valence-electron chi connectivity index (χ3n) is 9.88. The lowest BCUT2D eigenvalue weighted by Crippen LogP contribution is -2.61. The Hall–Kier alpha value is -0.440. The summed E-state index contributed by atoms with van der Waals surface area (Å²) in [6, 6.07) is 0. The SMILES string of the molecule is C/C=C/[C@H]1CC[C@H]([C@H]2[C@H]([C@H]3CC[C@H](C4CCC(CCCCC)CC4)CC3)OC2(F)F)CC1. The van der Waals surface area contributed by atoms with Gasteiger partial charge < -0.3 is 4.74 Å². The first kappa shape index (κ1) is 24.7. The zero-order chi connectivity index (χ0) is 22.6. The highest BCUT2D eigenvalue weighted by atomic mass is 19.3. The van der Waals surface area contributed by atoms with Crippen molar-refractivity contribution < 1.29 is 13.5 Å². The number of allylic oxidation sites excluding steroid dienone is 2. The average Bonchev–Trinajstić information content (AvgIpc) is 2.80. The van der Waals surface area contributed by atoms with Gasteiger partial charge in [-0.05, 0) is 107 Å². The number of hydrogen-bond acceptors (Lipinski definition) is 1. The van der Waals surface area contributed by atoms with Crippen LogP contribution in [0.4, 0.5) is 8.78 Å². The van der Waals surface area contributed by atoms with Crippen LogP contribution in [-0.4, -0.2) is 12.2 Å². The van der Waals surface area contributed by atoms with Gasteiger partial charge in [0.1, 0.15) is 0 Å². The minimum Gasteiger partial charge on any atom is -0.316 e. The van der Waals surface area contributed by atoms with Crippen LogP contribution in [0, 0.1) is 41.4 Å². The predicted octanol–water partition coefficient (Wildman–Crippen LogP) is 9.17. The molecule has 1 heterocycles. The van der Waals surface area contributed by atoms with E-state index in [4.69, 9.17) is 4.74 Å². The smallest absolute Gasteiger partial charge is 0.316 e. The fourth-order valence-corrected chi connectivity index (χ4v) is 7.93. The van der Waals surface area contributed by atoms with Crippen LogP contribution in [0.2, 0.25) is 0 Å². The van der Waals surface area contributed by atoms with E-state index in [1.54, 1.807) is 0 Å². The van der Waals surface area contributed by atoms with Gasteiger partial charge in [-0.15, -0.1) is 0 Å². The van der Waals surface area contributed by atoms with E-state index in [1.807, 2.05) is 0 Å². The zero-order valence-corrected chi connectivity index (χ0v) is 20.8. The third-order valence-corrected chi connectivity index (χ3v) is 9.88. The van der Waals surface area contributed by atoms with Gasteiger partial charge in [-0.2, -0.15) is 8.78 Å². The fourth-order valence-electron chi connectivity index (χ4n) is 7.93. The van der Waals surface area contributed by atoms with Crippen LogP contribution in [0.5, 0.6) is 0 Å². The molecule has 0 bridgehead atoms. The van der Waals surface area contributed by atoms with E-state index in [-0.39, 0.29) is 12.0 Å². The summed E-state index contributed by atoms with van der Waals surface area (Å²) < 4.78 is 34.3. The molecule has 0 aromatic heterocycles. The van der Waals surface area contributed by atoms with Gasteiger partial charge in [0, 0.05) is 0 Å². The Labute approximate surface area is 196 Å². The zero-order valence-electron chi connectivity index (χ0n) is 20.8. The second-order valence-electron chi connectivity index (χ2n) is 11.8. The maximum Gasteiger partial charge on any atom is 0.361 e. The molecule has 3 saturated carbocycles. The van der Waals surface area contributed by atoms with E-state index >= 15 is 0 Å². The molecule has 0 radical (unpaired) electrons. The van der Waals surface area contributed by atoms with Crippen LogP contribution in [0.1, 0.15) is 117 Å². The lowest BCUT2D eigenvalue weighted by Gasteiger charge is -2.53. The second kappa shape index (κ2) is 11.3. The van der Waals surface area contributed by atoms with Gasteiger partial charge in [0.2, 0.25) is 0 Å². The van der Waals surface area contributed by atoms with Crippen molar-refractivity contribution in [1.82, 2.24) is 0 Å². The number of rotatable bonds is 8. The van der Waals surface area contributed by atoms with E-state index in [0.29, 0.717) is 11.8 Å². The summed E-state index contributed by atoms with van der Waals surface area (Å²) in [5.41, 5.74) is 0. The summed E-state index contributed by atoms with van der Waals surface area (Å²) >= 11 is 0. The van der Waals surface area contributed by atoms with Crippen molar-refractivity contribution in [2.75, 3.05) is 0 Å². The molecule has 0 aromatic rings. The maximum absolute atomic E-state index is 14.5. The molecule has 1 saturated heterocycles. The quantitative estimate of drug-likeness (QED) is 0.264. The van der Waals surface area contributed by atoms with Gasteiger partial charge in [0.15, 0.2) is 0 Å². The molecule has 3 aliphatic carbocycles. The van der Waals surface area contributed by atoms with Crippen molar-refractivity contribution >= 4 is 0 Å². The lowest BCUT2D eigenvalue weighted by molar-refractivity contribution is -0.418. The first-order valence-corrected chi connectivity index (χ1v) is 14.2. The summed E-state index contributed by atoms with van der Waals surface area (Å²) in [7, 11) is 0. The summed E-state index contributed by atoms with van der Waals surface area (Å²) in [6.07, 6.45) is 21.4. The molecule has 1 nitrogen and oxygen atoms in total. The molecule has 4 aliphatic rings. The average molecular weight is 451 g/mol. The van der Waals surface area contributed by atoms with Crippen molar-refractivity contribution in [3.63, 3.8) is 0 Å². The Kier molecular flexibility index (Phi) is 8.73. The minimum absolute atomic E-state index is 0.158. The maximum atomic E-state index is 14.5. The highest BCUT2D eigenvalue weighted by Crippen LogP contribution is 2.55. The Balaban J connectivity index is 1.22. The molecule has 184 valence electrons. The van der Waals surface area contributed by atoms with Crippen molar-refractivity contribution in [3.05, 3.63) is 12.2 Å². The number of halogens is 2. The van der Waals surface area contributed by atoms with Crippen LogP contribution in [0.3, 0.4) is 0 Å². The topological polar surface area (TPSA) is 9.23 Å².